The normalized spacial score (nSPS) is 12.5. The Morgan fingerprint density at radius 3 is 2.42 bits per heavy atom. The Balaban J connectivity index is 3.32. The summed E-state index contributed by atoms with van der Waals surface area (Å²) < 4.78 is 32.6. The molecule has 0 unspecified atom stereocenters. The van der Waals surface area contributed by atoms with Crippen LogP contribution >= 0.6 is 0 Å². The molecule has 1 aromatic rings. The first-order chi connectivity index (χ1) is 8.63. The lowest BCUT2D eigenvalue weighted by Crippen LogP contribution is -2.42. The van der Waals surface area contributed by atoms with Crippen molar-refractivity contribution in [2.75, 3.05) is 12.8 Å². The predicted molar refractivity (Wildman–Crippen MR) is 76.8 cm³/mol. The van der Waals surface area contributed by atoms with E-state index >= 15 is 0 Å². The maximum atomic E-state index is 12.4. The molecule has 1 rings (SSSR count). The average molecular weight is 286 g/mol. The molecule has 0 aliphatic carbocycles. The zero-order valence-corrected chi connectivity index (χ0v) is 12.9. The first kappa shape index (κ1) is 15.8. The van der Waals surface area contributed by atoms with Crippen molar-refractivity contribution in [2.24, 2.45) is 0 Å². The van der Waals surface area contributed by atoms with Gasteiger partial charge in [0.2, 0.25) is 10.0 Å². The van der Waals surface area contributed by atoms with Crippen molar-refractivity contribution in [3.8, 4) is 5.75 Å². The molecule has 0 atom stereocenters. The summed E-state index contributed by atoms with van der Waals surface area (Å²) in [5.74, 6) is 0.297. The summed E-state index contributed by atoms with van der Waals surface area (Å²) in [4.78, 5) is 0.0691. The maximum Gasteiger partial charge on any atom is 0.244 e. The summed E-state index contributed by atoms with van der Waals surface area (Å²) in [6.45, 7) is 7.38. The third-order valence-electron chi connectivity index (χ3n) is 3.14. The van der Waals surface area contributed by atoms with Crippen LogP contribution in [-0.4, -0.2) is 21.1 Å². The Hall–Kier alpha value is -1.27. The number of ether oxygens (including phenoxy) is 1. The molecule has 108 valence electrons. The van der Waals surface area contributed by atoms with E-state index in [1.54, 1.807) is 13.0 Å². The number of aryl methyl sites for hydroxylation is 1. The van der Waals surface area contributed by atoms with E-state index in [-0.39, 0.29) is 4.90 Å². The fourth-order valence-corrected chi connectivity index (χ4v) is 3.21. The highest BCUT2D eigenvalue weighted by Crippen LogP contribution is 2.29. The summed E-state index contributed by atoms with van der Waals surface area (Å²) in [7, 11) is -2.23. The van der Waals surface area contributed by atoms with Crippen molar-refractivity contribution in [3.63, 3.8) is 0 Å². The summed E-state index contributed by atoms with van der Waals surface area (Å²) in [5.41, 5.74) is 6.47. The second-order valence-electron chi connectivity index (χ2n) is 5.20. The molecular formula is C13H22N2O3S. The first-order valence-corrected chi connectivity index (χ1v) is 7.59. The Kier molecular flexibility index (Phi) is 4.47. The van der Waals surface area contributed by atoms with E-state index in [0.29, 0.717) is 17.9 Å². The number of rotatable bonds is 5. The number of nitrogens with one attached hydrogen (secondary N) is 1. The van der Waals surface area contributed by atoms with Gasteiger partial charge in [-0.1, -0.05) is 6.92 Å². The van der Waals surface area contributed by atoms with Gasteiger partial charge in [0.1, 0.15) is 10.6 Å². The standard InChI is InChI=1S/C13H22N2O3S/c1-6-13(3,4)15-19(16,17)12-8-10(14)9(2)7-11(12)18-5/h7-8,15H,6,14H2,1-5H3. The number of nitrogen functional groups attached to an aromatic ring is 1. The number of anilines is 1. The number of nitrogens with two attached hydrogens (primary N) is 1. The van der Waals surface area contributed by atoms with E-state index in [4.69, 9.17) is 10.5 Å². The predicted octanol–water partition coefficient (Wildman–Crippen LogP) is 2.05. The molecule has 0 radical (unpaired) electrons. The molecule has 0 fully saturated rings. The van der Waals surface area contributed by atoms with Crippen molar-refractivity contribution in [3.05, 3.63) is 17.7 Å². The van der Waals surface area contributed by atoms with Crippen molar-refractivity contribution >= 4 is 15.7 Å². The van der Waals surface area contributed by atoms with Crippen molar-refractivity contribution in [2.45, 2.75) is 44.6 Å². The van der Waals surface area contributed by atoms with Crippen LogP contribution in [0, 0.1) is 6.92 Å². The van der Waals surface area contributed by atoms with E-state index in [0.717, 1.165) is 5.56 Å². The molecule has 3 N–H and O–H groups in total. The highest BCUT2D eigenvalue weighted by molar-refractivity contribution is 7.89. The molecule has 19 heavy (non-hydrogen) atoms. The lowest BCUT2D eigenvalue weighted by Gasteiger charge is -2.25. The molecule has 0 aliphatic heterocycles. The molecule has 0 bridgehead atoms. The maximum absolute atomic E-state index is 12.4. The smallest absolute Gasteiger partial charge is 0.244 e. The molecule has 0 aromatic heterocycles. The second-order valence-corrected chi connectivity index (χ2v) is 6.85. The number of sulfonamides is 1. The fraction of sp³-hybridized carbons (Fsp3) is 0.538. The molecule has 0 spiro atoms. The van der Waals surface area contributed by atoms with Gasteiger partial charge >= 0.3 is 0 Å². The van der Waals surface area contributed by atoms with Crippen LogP contribution < -0.4 is 15.2 Å². The third-order valence-corrected chi connectivity index (χ3v) is 4.86. The van der Waals surface area contributed by atoms with Crippen LogP contribution in [0.5, 0.6) is 5.75 Å². The van der Waals surface area contributed by atoms with Crippen LogP contribution in [0.25, 0.3) is 0 Å². The molecule has 0 aliphatic rings. The molecule has 0 amide bonds. The zero-order chi connectivity index (χ0) is 14.8. The third kappa shape index (κ3) is 3.61. The Morgan fingerprint density at radius 1 is 1.37 bits per heavy atom. The lowest BCUT2D eigenvalue weighted by atomic mass is 10.0. The summed E-state index contributed by atoms with van der Waals surface area (Å²) in [5, 5.41) is 0. The number of benzene rings is 1. The van der Waals surface area contributed by atoms with Gasteiger partial charge in [0.15, 0.2) is 0 Å². The van der Waals surface area contributed by atoms with E-state index < -0.39 is 15.6 Å². The SMILES string of the molecule is CCC(C)(C)NS(=O)(=O)c1cc(N)c(C)cc1OC. The first-order valence-electron chi connectivity index (χ1n) is 6.11. The van der Waals surface area contributed by atoms with Gasteiger partial charge in [0.05, 0.1) is 7.11 Å². The fourth-order valence-electron chi connectivity index (χ4n) is 1.54. The molecule has 1 aromatic carbocycles. The van der Waals surface area contributed by atoms with E-state index in [1.165, 1.54) is 13.2 Å². The Labute approximate surface area is 115 Å². The van der Waals surface area contributed by atoms with Crippen LogP contribution in [0.2, 0.25) is 0 Å². The average Bonchev–Trinajstić information content (AvgIpc) is 2.30. The minimum Gasteiger partial charge on any atom is -0.495 e. The molecule has 6 heteroatoms. The highest BCUT2D eigenvalue weighted by atomic mass is 32.2. The van der Waals surface area contributed by atoms with Crippen LogP contribution in [0.3, 0.4) is 0 Å². The summed E-state index contributed by atoms with van der Waals surface area (Å²) >= 11 is 0. The van der Waals surface area contributed by atoms with Gasteiger partial charge in [-0.3, -0.25) is 0 Å². The van der Waals surface area contributed by atoms with Crippen LogP contribution in [-0.2, 0) is 10.0 Å². The highest BCUT2D eigenvalue weighted by Gasteiger charge is 2.27. The van der Waals surface area contributed by atoms with Crippen molar-refractivity contribution in [1.29, 1.82) is 0 Å². The quantitative estimate of drug-likeness (QED) is 0.812. The van der Waals surface area contributed by atoms with Crippen LogP contribution in [0.4, 0.5) is 5.69 Å². The molecular weight excluding hydrogens is 264 g/mol. The largest absolute Gasteiger partial charge is 0.495 e. The van der Waals surface area contributed by atoms with Gasteiger partial charge in [0.25, 0.3) is 0 Å². The van der Waals surface area contributed by atoms with Gasteiger partial charge in [-0.05, 0) is 44.9 Å². The van der Waals surface area contributed by atoms with E-state index in [2.05, 4.69) is 4.72 Å². The van der Waals surface area contributed by atoms with Crippen LogP contribution in [0.1, 0.15) is 32.8 Å². The molecule has 0 heterocycles. The van der Waals surface area contributed by atoms with Gasteiger partial charge < -0.3 is 10.5 Å². The second kappa shape index (κ2) is 5.38. The number of hydrogen-bond donors (Lipinski definition) is 2. The number of methoxy groups -OCH3 is 1. The minimum absolute atomic E-state index is 0.0691. The minimum atomic E-state index is -3.67. The van der Waals surface area contributed by atoms with E-state index in [1.807, 2.05) is 20.8 Å². The molecule has 5 nitrogen and oxygen atoms in total. The van der Waals surface area contributed by atoms with Crippen molar-refractivity contribution < 1.29 is 13.2 Å². The monoisotopic (exact) mass is 286 g/mol. The summed E-state index contributed by atoms with van der Waals surface area (Å²) in [6.07, 6.45) is 0.676. The van der Waals surface area contributed by atoms with Crippen molar-refractivity contribution in [1.82, 2.24) is 4.72 Å². The molecule has 0 saturated carbocycles. The molecule has 0 saturated heterocycles. The number of hydrogen-bond acceptors (Lipinski definition) is 4. The zero-order valence-electron chi connectivity index (χ0n) is 12.1. The van der Waals surface area contributed by atoms with Crippen LogP contribution in [0.15, 0.2) is 17.0 Å². The van der Waals surface area contributed by atoms with E-state index in [9.17, 15) is 8.42 Å². The topological polar surface area (TPSA) is 81.4 Å². The van der Waals surface area contributed by atoms with Gasteiger partial charge in [-0.15, -0.1) is 0 Å². The lowest BCUT2D eigenvalue weighted by molar-refractivity contribution is 0.399. The Morgan fingerprint density at radius 2 is 1.95 bits per heavy atom. The Bertz CT molecular complexity index is 565. The van der Waals surface area contributed by atoms with Gasteiger partial charge in [-0.25, -0.2) is 13.1 Å². The van der Waals surface area contributed by atoms with Gasteiger partial charge in [0, 0.05) is 11.2 Å². The summed E-state index contributed by atoms with van der Waals surface area (Å²) in [6, 6.07) is 3.06. The van der Waals surface area contributed by atoms with Gasteiger partial charge in [-0.2, -0.15) is 0 Å².